The predicted octanol–water partition coefficient (Wildman–Crippen LogP) is 4.55. The summed E-state index contributed by atoms with van der Waals surface area (Å²) in [4.78, 5) is 10.6. The molecule has 0 aromatic heterocycles. The summed E-state index contributed by atoms with van der Waals surface area (Å²) < 4.78 is 20.2. The summed E-state index contributed by atoms with van der Waals surface area (Å²) in [5.41, 5.74) is 0.757. The van der Waals surface area contributed by atoms with E-state index >= 15 is 0 Å². The average Bonchev–Trinajstić information content (AvgIpc) is 2.54. The second-order valence-corrected chi connectivity index (χ2v) is 5.15. The molecule has 0 radical (unpaired) electrons. The SMILES string of the molecule is C=Cc1ccc(CNC(=O)O)c(F)c1Oc1cc(Cl)cc(C#N)c1. The van der Waals surface area contributed by atoms with E-state index in [4.69, 9.17) is 26.7 Å². The number of nitrogens with one attached hydrogen (secondary N) is 1. The first-order chi connectivity index (χ1) is 11.4. The molecule has 5 nitrogen and oxygen atoms in total. The van der Waals surface area contributed by atoms with Gasteiger partial charge in [-0.3, -0.25) is 0 Å². The first kappa shape index (κ1) is 17.3. The van der Waals surface area contributed by atoms with Gasteiger partial charge in [-0.15, -0.1) is 0 Å². The molecule has 0 aliphatic carbocycles. The number of hydrogen-bond acceptors (Lipinski definition) is 3. The molecule has 0 saturated heterocycles. The Hall–Kier alpha value is -3.04. The van der Waals surface area contributed by atoms with Gasteiger partial charge < -0.3 is 15.2 Å². The van der Waals surface area contributed by atoms with Crippen LogP contribution in [0, 0.1) is 17.1 Å². The Morgan fingerprint density at radius 2 is 2.21 bits per heavy atom. The maximum absolute atomic E-state index is 14.6. The standard InChI is InChI=1S/C17H12ClFN2O3/c1-2-11-3-4-12(9-21-17(22)23)15(19)16(11)24-14-6-10(8-20)5-13(18)7-14/h2-7,21H,1,9H2,(H,22,23). The van der Waals surface area contributed by atoms with Gasteiger partial charge in [-0.2, -0.15) is 5.26 Å². The van der Waals surface area contributed by atoms with Gasteiger partial charge >= 0.3 is 6.09 Å². The van der Waals surface area contributed by atoms with Crippen molar-refractivity contribution in [3.05, 3.63) is 64.4 Å². The van der Waals surface area contributed by atoms with Crippen LogP contribution in [-0.4, -0.2) is 11.2 Å². The Labute approximate surface area is 142 Å². The zero-order valence-electron chi connectivity index (χ0n) is 12.3. The molecule has 0 aliphatic rings. The molecule has 0 unspecified atom stereocenters. The lowest BCUT2D eigenvalue weighted by Gasteiger charge is -2.13. The van der Waals surface area contributed by atoms with Gasteiger partial charge in [-0.25, -0.2) is 9.18 Å². The molecule has 2 N–H and O–H groups in total. The van der Waals surface area contributed by atoms with E-state index in [-0.39, 0.29) is 34.2 Å². The predicted molar refractivity (Wildman–Crippen MR) is 87.6 cm³/mol. The number of ether oxygens (including phenoxy) is 1. The highest BCUT2D eigenvalue weighted by Gasteiger charge is 2.15. The van der Waals surface area contributed by atoms with Crippen molar-refractivity contribution in [2.75, 3.05) is 0 Å². The third-order valence-corrected chi connectivity index (χ3v) is 3.30. The van der Waals surface area contributed by atoms with Gasteiger partial charge in [-0.05, 0) is 18.2 Å². The summed E-state index contributed by atoms with van der Waals surface area (Å²) in [6.07, 6.45) is 0.140. The molecule has 2 aromatic rings. The van der Waals surface area contributed by atoms with E-state index in [1.165, 1.54) is 30.3 Å². The smallest absolute Gasteiger partial charge is 0.404 e. The fourth-order valence-corrected chi connectivity index (χ4v) is 2.21. The van der Waals surface area contributed by atoms with Gasteiger partial charge in [0.25, 0.3) is 0 Å². The highest BCUT2D eigenvalue weighted by molar-refractivity contribution is 6.30. The molecule has 7 heteroatoms. The third kappa shape index (κ3) is 4.03. The first-order valence-electron chi connectivity index (χ1n) is 6.73. The molecule has 0 spiro atoms. The van der Waals surface area contributed by atoms with Gasteiger partial charge in [0.2, 0.25) is 0 Å². The molecule has 0 saturated carbocycles. The Bertz CT molecular complexity index is 846. The zero-order chi connectivity index (χ0) is 17.7. The fourth-order valence-electron chi connectivity index (χ4n) is 1.99. The lowest BCUT2D eigenvalue weighted by atomic mass is 10.1. The lowest BCUT2D eigenvalue weighted by Crippen LogP contribution is -2.20. The number of halogens is 2. The van der Waals surface area contributed by atoms with Gasteiger partial charge in [0.05, 0.1) is 11.6 Å². The van der Waals surface area contributed by atoms with Crippen LogP contribution in [-0.2, 0) is 6.54 Å². The van der Waals surface area contributed by atoms with Gasteiger partial charge in [0, 0.05) is 22.7 Å². The zero-order valence-corrected chi connectivity index (χ0v) is 13.1. The lowest BCUT2D eigenvalue weighted by molar-refractivity contribution is 0.194. The van der Waals surface area contributed by atoms with E-state index in [0.717, 1.165) is 0 Å². The number of carboxylic acid groups (broad SMARTS) is 1. The molecule has 122 valence electrons. The maximum atomic E-state index is 14.6. The quantitative estimate of drug-likeness (QED) is 0.831. The molecule has 0 fully saturated rings. The van der Waals surface area contributed by atoms with Crippen molar-refractivity contribution in [3.8, 4) is 17.6 Å². The van der Waals surface area contributed by atoms with E-state index in [2.05, 4.69) is 11.9 Å². The van der Waals surface area contributed by atoms with Crippen molar-refractivity contribution in [1.29, 1.82) is 5.26 Å². The Morgan fingerprint density at radius 3 is 2.83 bits per heavy atom. The summed E-state index contributed by atoms with van der Waals surface area (Å²) in [7, 11) is 0. The number of nitrogens with zero attached hydrogens (tertiary/aromatic N) is 1. The molecule has 0 aliphatic heterocycles. The Kier molecular flexibility index (Phi) is 5.40. The van der Waals surface area contributed by atoms with Gasteiger partial charge in [0.15, 0.2) is 11.6 Å². The van der Waals surface area contributed by atoms with Crippen LogP contribution in [0.15, 0.2) is 36.9 Å². The number of amides is 1. The Balaban J connectivity index is 2.43. The van der Waals surface area contributed by atoms with Crippen LogP contribution < -0.4 is 10.1 Å². The summed E-state index contributed by atoms with van der Waals surface area (Å²) in [6.45, 7) is 3.38. The van der Waals surface area contributed by atoms with Gasteiger partial charge in [-0.1, -0.05) is 36.4 Å². The molecule has 0 heterocycles. The normalized spacial score (nSPS) is 9.88. The largest absolute Gasteiger partial charge is 0.465 e. The summed E-state index contributed by atoms with van der Waals surface area (Å²) >= 11 is 5.90. The number of hydrogen-bond donors (Lipinski definition) is 2. The fraction of sp³-hybridized carbons (Fsp3) is 0.0588. The van der Waals surface area contributed by atoms with E-state index in [1.807, 2.05) is 6.07 Å². The Morgan fingerprint density at radius 1 is 1.46 bits per heavy atom. The van der Waals surface area contributed by atoms with Crippen LogP contribution in [0.2, 0.25) is 5.02 Å². The minimum atomic E-state index is -1.27. The van der Waals surface area contributed by atoms with Crippen LogP contribution in [0.4, 0.5) is 9.18 Å². The minimum Gasteiger partial charge on any atom is -0.465 e. The van der Waals surface area contributed by atoms with E-state index in [1.54, 1.807) is 6.07 Å². The number of rotatable bonds is 5. The topological polar surface area (TPSA) is 82.3 Å². The number of carbonyl (C=O) groups is 1. The van der Waals surface area contributed by atoms with Crippen molar-refractivity contribution < 1.29 is 19.0 Å². The average molecular weight is 347 g/mol. The number of nitriles is 1. The minimum absolute atomic E-state index is 0.112. The van der Waals surface area contributed by atoms with Crippen LogP contribution in [0.3, 0.4) is 0 Å². The maximum Gasteiger partial charge on any atom is 0.404 e. The van der Waals surface area contributed by atoms with Crippen molar-refractivity contribution in [2.45, 2.75) is 6.54 Å². The second-order valence-electron chi connectivity index (χ2n) is 4.71. The molecule has 1 amide bonds. The molecule has 24 heavy (non-hydrogen) atoms. The number of benzene rings is 2. The van der Waals surface area contributed by atoms with Crippen molar-refractivity contribution in [2.24, 2.45) is 0 Å². The second kappa shape index (κ2) is 7.49. The third-order valence-electron chi connectivity index (χ3n) is 3.08. The summed E-state index contributed by atoms with van der Waals surface area (Å²) in [5, 5.41) is 19.9. The highest BCUT2D eigenvalue weighted by Crippen LogP contribution is 2.33. The van der Waals surface area contributed by atoms with Crippen LogP contribution in [0.25, 0.3) is 6.08 Å². The highest BCUT2D eigenvalue weighted by atomic mass is 35.5. The van der Waals surface area contributed by atoms with Crippen molar-refractivity contribution in [3.63, 3.8) is 0 Å². The van der Waals surface area contributed by atoms with Crippen LogP contribution in [0.5, 0.6) is 11.5 Å². The van der Waals surface area contributed by atoms with E-state index < -0.39 is 11.9 Å². The van der Waals surface area contributed by atoms with Crippen LogP contribution in [0.1, 0.15) is 16.7 Å². The first-order valence-corrected chi connectivity index (χ1v) is 7.11. The molecule has 0 bridgehead atoms. The van der Waals surface area contributed by atoms with Gasteiger partial charge in [0.1, 0.15) is 5.75 Å². The molecular formula is C17H12ClFN2O3. The summed E-state index contributed by atoms with van der Waals surface area (Å²) in [5.74, 6) is -0.662. The van der Waals surface area contributed by atoms with E-state index in [9.17, 15) is 9.18 Å². The van der Waals surface area contributed by atoms with Crippen molar-refractivity contribution in [1.82, 2.24) is 5.32 Å². The van der Waals surface area contributed by atoms with E-state index in [0.29, 0.717) is 5.56 Å². The van der Waals surface area contributed by atoms with Crippen molar-refractivity contribution >= 4 is 23.8 Å². The molecule has 2 rings (SSSR count). The molecule has 0 atom stereocenters. The van der Waals surface area contributed by atoms with Crippen LogP contribution >= 0.6 is 11.6 Å². The summed E-state index contributed by atoms with van der Waals surface area (Å²) in [6, 6.07) is 9.23. The molecular weight excluding hydrogens is 335 g/mol. The molecule has 2 aromatic carbocycles. The monoisotopic (exact) mass is 346 g/mol.